The van der Waals surface area contributed by atoms with E-state index in [2.05, 4.69) is 33.2 Å². The number of benzene rings is 1. The van der Waals surface area contributed by atoms with Crippen molar-refractivity contribution >= 4 is 33.4 Å². The number of nitrogens with zero attached hydrogens (tertiary/aromatic N) is 2. The first-order valence-corrected chi connectivity index (χ1v) is 9.36. The zero-order valence-corrected chi connectivity index (χ0v) is 16.5. The number of piperidine rings is 1. The van der Waals surface area contributed by atoms with Crippen LogP contribution in [-0.4, -0.2) is 54.8 Å². The van der Waals surface area contributed by atoms with Gasteiger partial charge in [-0.25, -0.2) is 0 Å². The van der Waals surface area contributed by atoms with Crippen molar-refractivity contribution in [2.24, 2.45) is 0 Å². The Labute approximate surface area is 161 Å². The molecule has 0 spiro atoms. The minimum Gasteiger partial charge on any atom is -0.444 e. The molecule has 1 aromatic heterocycles. The first-order chi connectivity index (χ1) is 12.4. The first kappa shape index (κ1) is 18.7. The second-order valence-electron chi connectivity index (χ2n) is 6.59. The Morgan fingerprint density at radius 2 is 1.96 bits per heavy atom. The average Bonchev–Trinajstić information content (AvgIpc) is 3.08. The largest absolute Gasteiger partial charge is 0.444 e. The molecule has 0 unspecified atom stereocenters. The SMILES string of the molecule is CN1CCC(N(C)C(=O)c2cccc(NC(=O)c3ccc(Br)o3)c2)CC1. The number of halogens is 1. The lowest BCUT2D eigenvalue weighted by Crippen LogP contribution is -2.44. The fraction of sp³-hybridized carbons (Fsp3) is 0.368. The van der Waals surface area contributed by atoms with E-state index in [1.54, 1.807) is 36.4 Å². The third-order valence-electron chi connectivity index (χ3n) is 4.72. The maximum atomic E-state index is 12.8. The maximum absolute atomic E-state index is 12.8. The first-order valence-electron chi connectivity index (χ1n) is 8.56. The minimum atomic E-state index is -0.357. The second-order valence-corrected chi connectivity index (χ2v) is 7.37. The van der Waals surface area contributed by atoms with Gasteiger partial charge in [0, 0.05) is 24.3 Å². The summed E-state index contributed by atoms with van der Waals surface area (Å²) in [4.78, 5) is 29.1. The molecule has 0 saturated carbocycles. The Bertz CT molecular complexity index is 797. The summed E-state index contributed by atoms with van der Waals surface area (Å²) in [6.07, 6.45) is 1.95. The molecule has 7 heteroatoms. The lowest BCUT2D eigenvalue weighted by Gasteiger charge is -2.35. The summed E-state index contributed by atoms with van der Waals surface area (Å²) in [6.45, 7) is 1.99. The second kappa shape index (κ2) is 8.05. The van der Waals surface area contributed by atoms with Gasteiger partial charge < -0.3 is 19.5 Å². The summed E-state index contributed by atoms with van der Waals surface area (Å²) in [5.74, 6) is -0.183. The Morgan fingerprint density at radius 3 is 2.62 bits per heavy atom. The summed E-state index contributed by atoms with van der Waals surface area (Å²) in [6, 6.07) is 10.5. The fourth-order valence-electron chi connectivity index (χ4n) is 3.11. The van der Waals surface area contributed by atoms with Crippen LogP contribution in [-0.2, 0) is 0 Å². The van der Waals surface area contributed by atoms with Crippen molar-refractivity contribution in [1.82, 2.24) is 9.80 Å². The quantitative estimate of drug-likeness (QED) is 0.823. The normalized spacial score (nSPS) is 15.7. The van der Waals surface area contributed by atoms with Crippen LogP contribution >= 0.6 is 15.9 Å². The third-order valence-corrected chi connectivity index (χ3v) is 5.15. The van der Waals surface area contributed by atoms with Gasteiger partial charge in [-0.05, 0) is 79.2 Å². The lowest BCUT2D eigenvalue weighted by atomic mass is 10.0. The molecule has 2 amide bonds. The van der Waals surface area contributed by atoms with Crippen LogP contribution in [0.15, 0.2) is 45.5 Å². The molecular formula is C19H22BrN3O3. The van der Waals surface area contributed by atoms with Gasteiger partial charge in [0.2, 0.25) is 0 Å². The van der Waals surface area contributed by atoms with E-state index in [1.807, 2.05) is 11.9 Å². The number of carbonyl (C=O) groups excluding carboxylic acids is 2. The third kappa shape index (κ3) is 4.34. The molecule has 1 fully saturated rings. The number of amides is 2. The molecule has 0 atom stereocenters. The van der Waals surface area contributed by atoms with Crippen LogP contribution < -0.4 is 5.32 Å². The Kier molecular flexibility index (Phi) is 5.78. The van der Waals surface area contributed by atoms with E-state index in [1.165, 1.54) is 0 Å². The average molecular weight is 420 g/mol. The van der Waals surface area contributed by atoms with E-state index in [4.69, 9.17) is 4.42 Å². The van der Waals surface area contributed by atoms with Gasteiger partial charge in [0.05, 0.1) is 0 Å². The smallest absolute Gasteiger partial charge is 0.291 e. The molecule has 1 saturated heterocycles. The highest BCUT2D eigenvalue weighted by atomic mass is 79.9. The number of nitrogens with one attached hydrogen (secondary N) is 1. The van der Waals surface area contributed by atoms with Gasteiger partial charge in [-0.3, -0.25) is 9.59 Å². The number of hydrogen-bond donors (Lipinski definition) is 1. The molecule has 2 aromatic rings. The summed E-state index contributed by atoms with van der Waals surface area (Å²) in [5.41, 5.74) is 1.12. The van der Waals surface area contributed by atoms with E-state index >= 15 is 0 Å². The van der Waals surface area contributed by atoms with Crippen molar-refractivity contribution in [2.45, 2.75) is 18.9 Å². The molecule has 2 heterocycles. The predicted molar refractivity (Wildman–Crippen MR) is 103 cm³/mol. The van der Waals surface area contributed by atoms with Crippen molar-refractivity contribution in [3.05, 3.63) is 52.4 Å². The molecule has 1 aromatic carbocycles. The molecule has 26 heavy (non-hydrogen) atoms. The zero-order valence-electron chi connectivity index (χ0n) is 14.9. The standard InChI is InChI=1S/C19H22BrN3O3/c1-22-10-8-15(9-11-22)23(2)19(25)13-4-3-5-14(12-13)21-18(24)16-6-7-17(20)26-16/h3-7,12,15H,8-11H2,1-2H3,(H,21,24). The van der Waals surface area contributed by atoms with E-state index in [9.17, 15) is 9.59 Å². The van der Waals surface area contributed by atoms with Crippen LogP contribution in [0, 0.1) is 0 Å². The lowest BCUT2D eigenvalue weighted by molar-refractivity contribution is 0.0659. The van der Waals surface area contributed by atoms with Gasteiger partial charge in [0.25, 0.3) is 11.8 Å². The maximum Gasteiger partial charge on any atom is 0.291 e. The van der Waals surface area contributed by atoms with Crippen molar-refractivity contribution in [2.75, 3.05) is 32.5 Å². The van der Waals surface area contributed by atoms with Crippen LogP contribution in [0.2, 0.25) is 0 Å². The molecular weight excluding hydrogens is 398 g/mol. The summed E-state index contributed by atoms with van der Waals surface area (Å²) >= 11 is 3.17. The van der Waals surface area contributed by atoms with E-state index in [-0.39, 0.29) is 23.6 Å². The van der Waals surface area contributed by atoms with Crippen molar-refractivity contribution in [3.8, 4) is 0 Å². The van der Waals surface area contributed by atoms with Crippen LogP contribution in [0.5, 0.6) is 0 Å². The number of rotatable bonds is 4. The van der Waals surface area contributed by atoms with Crippen molar-refractivity contribution in [3.63, 3.8) is 0 Å². The fourth-order valence-corrected chi connectivity index (χ4v) is 3.42. The molecule has 0 bridgehead atoms. The molecule has 1 aliphatic rings. The van der Waals surface area contributed by atoms with E-state index in [0.29, 0.717) is 15.9 Å². The molecule has 0 radical (unpaired) electrons. The Morgan fingerprint density at radius 1 is 1.23 bits per heavy atom. The Hall–Kier alpha value is -2.12. The summed E-state index contributed by atoms with van der Waals surface area (Å²) < 4.78 is 5.74. The topological polar surface area (TPSA) is 65.8 Å². The van der Waals surface area contributed by atoms with Gasteiger partial charge in [-0.1, -0.05) is 6.07 Å². The van der Waals surface area contributed by atoms with Gasteiger partial charge in [0.1, 0.15) is 0 Å². The van der Waals surface area contributed by atoms with Gasteiger partial charge >= 0.3 is 0 Å². The minimum absolute atomic E-state index is 0.0311. The van der Waals surface area contributed by atoms with Crippen LogP contribution in [0.4, 0.5) is 5.69 Å². The van der Waals surface area contributed by atoms with Gasteiger partial charge in [-0.2, -0.15) is 0 Å². The molecule has 1 aliphatic heterocycles. The van der Waals surface area contributed by atoms with Crippen molar-refractivity contribution in [1.29, 1.82) is 0 Å². The van der Waals surface area contributed by atoms with Crippen LogP contribution in [0.1, 0.15) is 33.8 Å². The molecule has 138 valence electrons. The van der Waals surface area contributed by atoms with Crippen LogP contribution in [0.25, 0.3) is 0 Å². The number of anilines is 1. The number of furan rings is 1. The molecule has 3 rings (SSSR count). The highest BCUT2D eigenvalue weighted by molar-refractivity contribution is 9.10. The van der Waals surface area contributed by atoms with Gasteiger partial charge in [-0.15, -0.1) is 0 Å². The molecule has 0 aliphatic carbocycles. The Balaban J connectivity index is 1.68. The zero-order chi connectivity index (χ0) is 18.7. The summed E-state index contributed by atoms with van der Waals surface area (Å²) in [5, 5.41) is 2.76. The number of likely N-dealkylation sites (tertiary alicyclic amines) is 1. The molecule has 6 nitrogen and oxygen atoms in total. The number of hydrogen-bond acceptors (Lipinski definition) is 4. The van der Waals surface area contributed by atoms with E-state index in [0.717, 1.165) is 25.9 Å². The monoisotopic (exact) mass is 419 g/mol. The van der Waals surface area contributed by atoms with Crippen molar-refractivity contribution < 1.29 is 14.0 Å². The highest BCUT2D eigenvalue weighted by Crippen LogP contribution is 2.20. The predicted octanol–water partition coefficient (Wildman–Crippen LogP) is 3.46. The van der Waals surface area contributed by atoms with E-state index < -0.39 is 0 Å². The number of carbonyl (C=O) groups is 2. The molecule has 1 N–H and O–H groups in total. The van der Waals surface area contributed by atoms with Gasteiger partial charge in [0.15, 0.2) is 10.4 Å². The van der Waals surface area contributed by atoms with Crippen LogP contribution in [0.3, 0.4) is 0 Å². The summed E-state index contributed by atoms with van der Waals surface area (Å²) in [7, 11) is 3.95. The highest BCUT2D eigenvalue weighted by Gasteiger charge is 2.25.